The molecular weight excluding hydrogens is 224 g/mol. The van der Waals surface area contributed by atoms with Gasteiger partial charge in [0.2, 0.25) is 0 Å². The molecule has 1 rings (SSSR count). The fourth-order valence-electron chi connectivity index (χ4n) is 1.77. The number of anilines is 2. The van der Waals surface area contributed by atoms with Gasteiger partial charge in [0.15, 0.2) is 0 Å². The van der Waals surface area contributed by atoms with Gasteiger partial charge in [0, 0.05) is 30.1 Å². The second-order valence-electron chi connectivity index (χ2n) is 5.10. The molecule has 0 radical (unpaired) electrons. The van der Waals surface area contributed by atoms with Crippen molar-refractivity contribution >= 4 is 11.4 Å². The third kappa shape index (κ3) is 5.80. The van der Waals surface area contributed by atoms with Crippen LogP contribution < -0.4 is 15.8 Å². The van der Waals surface area contributed by atoms with Crippen molar-refractivity contribution in [1.82, 2.24) is 0 Å². The van der Waals surface area contributed by atoms with E-state index in [1.807, 2.05) is 18.2 Å². The van der Waals surface area contributed by atoms with Gasteiger partial charge in [0.25, 0.3) is 0 Å². The molecule has 0 aromatic heterocycles. The number of ether oxygens (including phenoxy) is 1. The van der Waals surface area contributed by atoms with Crippen LogP contribution in [0.5, 0.6) is 5.75 Å². The summed E-state index contributed by atoms with van der Waals surface area (Å²) < 4.78 is 5.60. The number of nitrogens with one attached hydrogen (secondary N) is 1. The van der Waals surface area contributed by atoms with Crippen LogP contribution in [0.25, 0.3) is 0 Å². The zero-order valence-corrected chi connectivity index (χ0v) is 11.8. The third-order valence-corrected chi connectivity index (χ3v) is 2.69. The molecule has 0 bridgehead atoms. The van der Waals surface area contributed by atoms with Gasteiger partial charge in [-0.3, -0.25) is 0 Å². The van der Waals surface area contributed by atoms with E-state index < -0.39 is 0 Å². The largest absolute Gasteiger partial charge is 0.493 e. The molecule has 0 spiro atoms. The molecule has 1 aromatic carbocycles. The number of hydrogen-bond acceptors (Lipinski definition) is 3. The Morgan fingerprint density at radius 1 is 1.28 bits per heavy atom. The Bertz CT molecular complexity index is 350. The second-order valence-corrected chi connectivity index (χ2v) is 5.10. The molecule has 0 amide bonds. The zero-order chi connectivity index (χ0) is 13.4. The first kappa shape index (κ1) is 14.7. The minimum absolute atomic E-state index is 0.732. The predicted octanol–water partition coefficient (Wildman–Crippen LogP) is 3.91. The fourth-order valence-corrected chi connectivity index (χ4v) is 1.77. The number of nitrogens with two attached hydrogens (primary N) is 1. The smallest absolute Gasteiger partial charge is 0.123 e. The van der Waals surface area contributed by atoms with E-state index >= 15 is 0 Å². The molecule has 0 aliphatic carbocycles. The van der Waals surface area contributed by atoms with Gasteiger partial charge in [0.1, 0.15) is 5.75 Å². The van der Waals surface area contributed by atoms with Gasteiger partial charge in [-0.1, -0.05) is 20.8 Å². The lowest BCUT2D eigenvalue weighted by Gasteiger charge is -2.11. The van der Waals surface area contributed by atoms with Gasteiger partial charge in [-0.25, -0.2) is 0 Å². The molecule has 0 atom stereocenters. The summed E-state index contributed by atoms with van der Waals surface area (Å²) in [4.78, 5) is 0. The monoisotopic (exact) mass is 250 g/mol. The molecule has 1 aromatic rings. The van der Waals surface area contributed by atoms with Crippen molar-refractivity contribution in [2.24, 2.45) is 5.92 Å². The van der Waals surface area contributed by atoms with E-state index in [1.165, 1.54) is 12.8 Å². The van der Waals surface area contributed by atoms with Crippen LogP contribution in [0.2, 0.25) is 0 Å². The van der Waals surface area contributed by atoms with E-state index in [4.69, 9.17) is 10.5 Å². The van der Waals surface area contributed by atoms with Crippen molar-refractivity contribution in [2.45, 2.75) is 40.0 Å². The number of nitrogen functional groups attached to an aromatic ring is 1. The van der Waals surface area contributed by atoms with Crippen LogP contribution >= 0.6 is 0 Å². The van der Waals surface area contributed by atoms with Crippen molar-refractivity contribution in [3.05, 3.63) is 18.2 Å². The Kier molecular flexibility index (Phi) is 6.40. The Balaban J connectivity index is 2.46. The van der Waals surface area contributed by atoms with Gasteiger partial charge < -0.3 is 15.8 Å². The summed E-state index contributed by atoms with van der Waals surface area (Å²) in [7, 11) is 0. The van der Waals surface area contributed by atoms with Crippen molar-refractivity contribution in [3.63, 3.8) is 0 Å². The van der Waals surface area contributed by atoms with Crippen molar-refractivity contribution < 1.29 is 4.74 Å². The van der Waals surface area contributed by atoms with E-state index in [0.29, 0.717) is 0 Å². The SMILES string of the molecule is CCCOc1cc(N)cc(NCCCC(C)C)c1. The van der Waals surface area contributed by atoms with Gasteiger partial charge >= 0.3 is 0 Å². The molecule has 3 heteroatoms. The number of benzene rings is 1. The van der Waals surface area contributed by atoms with Crippen LogP contribution in [-0.4, -0.2) is 13.2 Å². The lowest BCUT2D eigenvalue weighted by atomic mass is 10.1. The first-order valence-corrected chi connectivity index (χ1v) is 6.89. The van der Waals surface area contributed by atoms with Crippen LogP contribution in [-0.2, 0) is 0 Å². The molecule has 0 fully saturated rings. The molecule has 18 heavy (non-hydrogen) atoms. The summed E-state index contributed by atoms with van der Waals surface area (Å²) in [5.41, 5.74) is 7.66. The van der Waals surface area contributed by atoms with Gasteiger partial charge in [-0.15, -0.1) is 0 Å². The summed E-state index contributed by atoms with van der Waals surface area (Å²) >= 11 is 0. The fraction of sp³-hybridized carbons (Fsp3) is 0.600. The summed E-state index contributed by atoms with van der Waals surface area (Å²) in [5.74, 6) is 1.61. The minimum atomic E-state index is 0.732. The Morgan fingerprint density at radius 3 is 2.72 bits per heavy atom. The normalized spacial score (nSPS) is 10.7. The summed E-state index contributed by atoms with van der Waals surface area (Å²) in [6.45, 7) is 8.30. The summed E-state index contributed by atoms with van der Waals surface area (Å²) in [5, 5.41) is 3.40. The lowest BCUT2D eigenvalue weighted by molar-refractivity contribution is 0.318. The van der Waals surface area contributed by atoms with Crippen molar-refractivity contribution in [1.29, 1.82) is 0 Å². The molecule has 102 valence electrons. The van der Waals surface area contributed by atoms with E-state index in [2.05, 4.69) is 26.1 Å². The van der Waals surface area contributed by atoms with Gasteiger partial charge in [-0.2, -0.15) is 0 Å². The van der Waals surface area contributed by atoms with Crippen molar-refractivity contribution in [2.75, 3.05) is 24.2 Å². The standard InChI is InChI=1S/C15H26N2O/c1-4-8-18-15-10-13(16)9-14(11-15)17-7-5-6-12(2)3/h9-12,17H,4-8,16H2,1-3H3. The first-order chi connectivity index (χ1) is 8.61. The summed E-state index contributed by atoms with van der Waals surface area (Å²) in [6.07, 6.45) is 3.43. The van der Waals surface area contributed by atoms with E-state index in [1.54, 1.807) is 0 Å². The number of rotatable bonds is 8. The molecule has 3 nitrogen and oxygen atoms in total. The Labute approximate surface area is 111 Å². The van der Waals surface area contributed by atoms with E-state index in [0.717, 1.165) is 42.6 Å². The van der Waals surface area contributed by atoms with Crippen LogP contribution in [0.4, 0.5) is 11.4 Å². The predicted molar refractivity (Wildman–Crippen MR) is 79.2 cm³/mol. The Morgan fingerprint density at radius 2 is 2.06 bits per heavy atom. The molecular formula is C15H26N2O. The van der Waals surface area contributed by atoms with E-state index in [-0.39, 0.29) is 0 Å². The number of hydrogen-bond donors (Lipinski definition) is 2. The third-order valence-electron chi connectivity index (χ3n) is 2.69. The maximum atomic E-state index is 5.86. The second kappa shape index (κ2) is 7.85. The maximum Gasteiger partial charge on any atom is 0.123 e. The average molecular weight is 250 g/mol. The average Bonchev–Trinajstić information content (AvgIpc) is 2.31. The topological polar surface area (TPSA) is 47.3 Å². The lowest BCUT2D eigenvalue weighted by Crippen LogP contribution is -2.04. The highest BCUT2D eigenvalue weighted by molar-refractivity contribution is 5.59. The van der Waals surface area contributed by atoms with Crippen molar-refractivity contribution in [3.8, 4) is 5.75 Å². The van der Waals surface area contributed by atoms with Crippen LogP contribution in [0.3, 0.4) is 0 Å². The highest BCUT2D eigenvalue weighted by Crippen LogP contribution is 2.22. The molecule has 0 unspecified atom stereocenters. The van der Waals surface area contributed by atoms with Crippen LogP contribution in [0.1, 0.15) is 40.0 Å². The van der Waals surface area contributed by atoms with Crippen LogP contribution in [0.15, 0.2) is 18.2 Å². The van der Waals surface area contributed by atoms with Gasteiger partial charge in [0.05, 0.1) is 6.61 Å². The molecule has 0 aliphatic rings. The van der Waals surface area contributed by atoms with Crippen LogP contribution in [0, 0.1) is 5.92 Å². The van der Waals surface area contributed by atoms with Gasteiger partial charge in [-0.05, 0) is 31.2 Å². The maximum absolute atomic E-state index is 5.86. The first-order valence-electron chi connectivity index (χ1n) is 6.89. The molecule has 0 heterocycles. The highest BCUT2D eigenvalue weighted by atomic mass is 16.5. The molecule has 0 saturated carbocycles. The highest BCUT2D eigenvalue weighted by Gasteiger charge is 2.00. The molecule has 0 saturated heterocycles. The minimum Gasteiger partial charge on any atom is -0.493 e. The summed E-state index contributed by atoms with van der Waals surface area (Å²) in [6, 6.07) is 5.84. The molecule has 0 aliphatic heterocycles. The quantitative estimate of drug-likeness (QED) is 0.543. The Hall–Kier alpha value is -1.38. The van der Waals surface area contributed by atoms with E-state index in [9.17, 15) is 0 Å². The zero-order valence-electron chi connectivity index (χ0n) is 11.8. The molecule has 3 N–H and O–H groups in total.